The molecule has 0 radical (unpaired) electrons. The van der Waals surface area contributed by atoms with Crippen molar-refractivity contribution in [1.82, 2.24) is 19.4 Å². The fourth-order valence-corrected chi connectivity index (χ4v) is 4.98. The Morgan fingerprint density at radius 3 is 2.76 bits per heavy atom. The van der Waals surface area contributed by atoms with Gasteiger partial charge in [-0.1, -0.05) is 6.42 Å². The van der Waals surface area contributed by atoms with Gasteiger partial charge < -0.3 is 23.7 Å². The van der Waals surface area contributed by atoms with Crippen LogP contribution < -0.4 is 9.47 Å². The first-order chi connectivity index (χ1) is 16.1. The number of methoxy groups -OCH3 is 2. The smallest absolute Gasteiger partial charge is 0.257 e. The largest absolute Gasteiger partial charge is 0.497 e. The summed E-state index contributed by atoms with van der Waals surface area (Å²) in [5, 5.41) is 0. The van der Waals surface area contributed by atoms with Crippen molar-refractivity contribution < 1.29 is 19.0 Å². The van der Waals surface area contributed by atoms with Gasteiger partial charge in [-0.25, -0.2) is 4.98 Å². The van der Waals surface area contributed by atoms with Crippen molar-refractivity contribution in [2.75, 3.05) is 40.5 Å². The predicted octanol–water partition coefficient (Wildman–Crippen LogP) is 3.11. The number of nitrogens with zero attached hydrogens (tertiary/aromatic N) is 4. The van der Waals surface area contributed by atoms with E-state index in [1.165, 1.54) is 5.69 Å². The lowest BCUT2D eigenvalue weighted by Crippen LogP contribution is -2.51. The zero-order chi connectivity index (χ0) is 23.2. The van der Waals surface area contributed by atoms with Crippen molar-refractivity contribution in [2.45, 2.75) is 50.8 Å². The van der Waals surface area contributed by atoms with E-state index in [1.807, 2.05) is 42.7 Å². The average Bonchev–Trinajstić information content (AvgIpc) is 3.24. The molecule has 2 atom stereocenters. The van der Waals surface area contributed by atoms with Gasteiger partial charge in [-0.05, 0) is 44.4 Å². The number of hydrogen-bond donors (Lipinski definition) is 0. The second-order valence-corrected chi connectivity index (χ2v) is 8.96. The molecule has 180 valence electrons. The fraction of sp³-hybridized carbons (Fsp3) is 0.600. The first-order valence-electron chi connectivity index (χ1n) is 11.9. The normalized spacial score (nSPS) is 22.9. The highest BCUT2D eigenvalue weighted by Gasteiger charge is 2.35. The lowest BCUT2D eigenvalue weighted by Gasteiger charge is -2.41. The van der Waals surface area contributed by atoms with Crippen LogP contribution in [0.15, 0.2) is 30.7 Å². The Morgan fingerprint density at radius 1 is 1.12 bits per heavy atom. The molecule has 0 saturated carbocycles. The molecule has 1 amide bonds. The molecule has 0 bridgehead atoms. The molecule has 2 aromatic rings. The Morgan fingerprint density at radius 2 is 2.00 bits per heavy atom. The number of carbonyl (C=O) groups is 1. The Balaban J connectivity index is 1.61. The van der Waals surface area contributed by atoms with E-state index in [0.29, 0.717) is 23.7 Å². The number of fused-ring (bicyclic) bond motifs is 2. The number of ether oxygens (including phenoxy) is 3. The van der Waals surface area contributed by atoms with E-state index in [1.54, 1.807) is 14.2 Å². The molecule has 1 fully saturated rings. The first kappa shape index (κ1) is 23.6. The van der Waals surface area contributed by atoms with Crippen molar-refractivity contribution in [1.29, 1.82) is 0 Å². The van der Waals surface area contributed by atoms with E-state index in [2.05, 4.69) is 14.5 Å². The molecule has 0 N–H and O–H groups in total. The molecular formula is C25H36N4O4. The number of carbonyl (C=O) groups excluding carboxylic acids is 1. The van der Waals surface area contributed by atoms with Gasteiger partial charge in [0.1, 0.15) is 18.1 Å². The summed E-state index contributed by atoms with van der Waals surface area (Å²) in [6, 6.07) is 5.57. The van der Waals surface area contributed by atoms with Gasteiger partial charge in [0.25, 0.3) is 5.91 Å². The maximum atomic E-state index is 13.7. The molecule has 2 aliphatic rings. The average molecular weight is 457 g/mol. The second kappa shape index (κ2) is 11.0. The lowest BCUT2D eigenvalue weighted by atomic mass is 9.93. The van der Waals surface area contributed by atoms with Crippen LogP contribution in [0.1, 0.15) is 48.2 Å². The number of imidazole rings is 1. The standard InChI is InChI=1S/C25H36N4O4/c1-27-18-26-16-19(27)17-28-11-5-4-7-22-23(32-3)8-6-12-29(22)25(30)21-10-9-20(31-2)15-24(21)33-14-13-28/h9-10,15-16,18,22-23H,4-8,11-14,17H2,1-3H3/t22-,23-/m1/s1. The number of amides is 1. The van der Waals surface area contributed by atoms with Crippen LogP contribution in [0.5, 0.6) is 11.5 Å². The number of aromatic nitrogens is 2. The van der Waals surface area contributed by atoms with Gasteiger partial charge in [0.2, 0.25) is 0 Å². The molecule has 0 aliphatic carbocycles. The monoisotopic (exact) mass is 456 g/mol. The van der Waals surface area contributed by atoms with Crippen molar-refractivity contribution in [3.05, 3.63) is 42.0 Å². The topological polar surface area (TPSA) is 69.1 Å². The van der Waals surface area contributed by atoms with Crippen LogP contribution in [0.3, 0.4) is 0 Å². The van der Waals surface area contributed by atoms with Crippen LogP contribution in [0.25, 0.3) is 0 Å². The van der Waals surface area contributed by atoms with Crippen LogP contribution >= 0.6 is 0 Å². The number of rotatable bonds is 4. The van der Waals surface area contributed by atoms with E-state index in [9.17, 15) is 4.79 Å². The Labute approximate surface area is 196 Å². The summed E-state index contributed by atoms with van der Waals surface area (Å²) in [6.45, 7) is 3.80. The molecule has 0 unspecified atom stereocenters. The molecule has 2 aliphatic heterocycles. The molecule has 8 heteroatoms. The zero-order valence-corrected chi connectivity index (χ0v) is 20.0. The van der Waals surface area contributed by atoms with Crippen molar-refractivity contribution >= 4 is 5.91 Å². The van der Waals surface area contributed by atoms with Gasteiger partial charge in [-0.2, -0.15) is 0 Å². The summed E-state index contributed by atoms with van der Waals surface area (Å²) < 4.78 is 19.5. The quantitative estimate of drug-likeness (QED) is 0.704. The van der Waals surface area contributed by atoms with Gasteiger partial charge >= 0.3 is 0 Å². The van der Waals surface area contributed by atoms with Gasteiger partial charge in [0.15, 0.2) is 0 Å². The summed E-state index contributed by atoms with van der Waals surface area (Å²) in [5.74, 6) is 1.28. The molecule has 4 rings (SSSR count). The summed E-state index contributed by atoms with van der Waals surface area (Å²) in [4.78, 5) is 22.4. The third kappa shape index (κ3) is 5.50. The van der Waals surface area contributed by atoms with Crippen LogP contribution in [0.4, 0.5) is 0 Å². The zero-order valence-electron chi connectivity index (χ0n) is 20.0. The minimum Gasteiger partial charge on any atom is -0.497 e. The first-order valence-corrected chi connectivity index (χ1v) is 11.9. The number of hydrogen-bond acceptors (Lipinski definition) is 6. The van der Waals surface area contributed by atoms with Crippen LogP contribution in [-0.4, -0.2) is 77.9 Å². The summed E-state index contributed by atoms with van der Waals surface area (Å²) in [5.41, 5.74) is 1.77. The Kier molecular flexibility index (Phi) is 7.88. The van der Waals surface area contributed by atoms with Crippen molar-refractivity contribution in [3.63, 3.8) is 0 Å². The van der Waals surface area contributed by atoms with E-state index in [-0.39, 0.29) is 18.1 Å². The predicted molar refractivity (Wildman–Crippen MR) is 126 cm³/mol. The SMILES string of the molecule is COc1ccc2c(c1)OCCN(Cc1cncn1C)CCCC[C@@H]1[C@H](OC)CCCN1C2=O. The molecule has 1 aromatic carbocycles. The maximum Gasteiger partial charge on any atom is 0.257 e. The highest BCUT2D eigenvalue weighted by atomic mass is 16.5. The van der Waals surface area contributed by atoms with Crippen molar-refractivity contribution in [2.24, 2.45) is 7.05 Å². The fourth-order valence-electron chi connectivity index (χ4n) is 4.98. The Hall–Kier alpha value is -2.58. The summed E-state index contributed by atoms with van der Waals surface area (Å²) in [6.07, 6.45) is 8.82. The van der Waals surface area contributed by atoms with E-state index >= 15 is 0 Å². The molecule has 0 spiro atoms. The third-order valence-corrected chi connectivity index (χ3v) is 6.89. The molecule has 1 saturated heterocycles. The Bertz CT molecular complexity index is 931. The second-order valence-electron chi connectivity index (χ2n) is 8.96. The molecule has 3 heterocycles. The van der Waals surface area contributed by atoms with E-state index < -0.39 is 0 Å². The number of piperidine rings is 1. The lowest BCUT2D eigenvalue weighted by molar-refractivity contribution is -0.0155. The summed E-state index contributed by atoms with van der Waals surface area (Å²) in [7, 11) is 5.41. The molecule has 8 nitrogen and oxygen atoms in total. The highest BCUT2D eigenvalue weighted by Crippen LogP contribution is 2.31. The molecular weight excluding hydrogens is 420 g/mol. The number of benzene rings is 1. The van der Waals surface area contributed by atoms with E-state index in [0.717, 1.165) is 58.3 Å². The van der Waals surface area contributed by atoms with Crippen LogP contribution in [0, 0.1) is 0 Å². The van der Waals surface area contributed by atoms with Gasteiger partial charge in [-0.15, -0.1) is 0 Å². The van der Waals surface area contributed by atoms with Crippen LogP contribution in [-0.2, 0) is 18.3 Å². The minimum atomic E-state index is 0.0189. The van der Waals surface area contributed by atoms with Crippen molar-refractivity contribution in [3.8, 4) is 11.5 Å². The molecule has 33 heavy (non-hydrogen) atoms. The minimum absolute atomic E-state index is 0.0189. The maximum absolute atomic E-state index is 13.7. The number of aryl methyl sites for hydroxylation is 1. The van der Waals surface area contributed by atoms with Gasteiger partial charge in [0, 0.05) is 46.1 Å². The van der Waals surface area contributed by atoms with Gasteiger partial charge in [0.05, 0.1) is 36.8 Å². The molecule has 1 aromatic heterocycles. The highest BCUT2D eigenvalue weighted by molar-refractivity contribution is 5.97. The third-order valence-electron chi connectivity index (χ3n) is 6.89. The van der Waals surface area contributed by atoms with Gasteiger partial charge in [-0.3, -0.25) is 9.69 Å². The van der Waals surface area contributed by atoms with Crippen LogP contribution in [0.2, 0.25) is 0 Å². The van der Waals surface area contributed by atoms with E-state index in [4.69, 9.17) is 14.2 Å². The summed E-state index contributed by atoms with van der Waals surface area (Å²) >= 11 is 0.